The molecule has 1 aliphatic heterocycles. The highest BCUT2D eigenvalue weighted by molar-refractivity contribution is 5.76. The van der Waals surface area contributed by atoms with Crippen molar-refractivity contribution in [3.05, 3.63) is 60.4 Å². The van der Waals surface area contributed by atoms with Crippen LogP contribution in [0.15, 0.2) is 48.9 Å². The van der Waals surface area contributed by atoms with Gasteiger partial charge in [0, 0.05) is 37.0 Å². The highest BCUT2D eigenvalue weighted by atomic mass is 16.2. The lowest BCUT2D eigenvalue weighted by Crippen LogP contribution is -2.38. The van der Waals surface area contributed by atoms with Gasteiger partial charge in [-0.2, -0.15) is 0 Å². The molecule has 4 rings (SSSR count). The first-order chi connectivity index (χ1) is 12.3. The number of aryl methyl sites for hydroxylation is 1. The molecule has 25 heavy (non-hydrogen) atoms. The number of nitrogens with zero attached hydrogens (tertiary/aromatic N) is 6. The average Bonchev–Trinajstić information content (AvgIpc) is 3.11. The Hall–Kier alpha value is -3.09. The summed E-state index contributed by atoms with van der Waals surface area (Å²) in [5.74, 6) is 1.82. The van der Waals surface area contributed by atoms with Gasteiger partial charge < -0.3 is 9.47 Å². The molecule has 0 N–H and O–H groups in total. The van der Waals surface area contributed by atoms with E-state index in [0.717, 1.165) is 22.9 Å². The molecule has 3 heterocycles. The van der Waals surface area contributed by atoms with Crippen LogP contribution in [0.1, 0.15) is 17.9 Å². The number of carbonyl (C=O) groups excluding carboxylic acids is 1. The number of rotatable bonds is 4. The van der Waals surface area contributed by atoms with Crippen LogP contribution in [0.25, 0.3) is 11.4 Å². The summed E-state index contributed by atoms with van der Waals surface area (Å²) in [6.07, 6.45) is 4.27. The minimum Gasteiger partial charge on any atom is -0.333 e. The summed E-state index contributed by atoms with van der Waals surface area (Å²) < 4.78 is 2.10. The van der Waals surface area contributed by atoms with Crippen molar-refractivity contribution in [2.45, 2.75) is 25.9 Å². The molecule has 2 aromatic heterocycles. The van der Waals surface area contributed by atoms with Gasteiger partial charge in [0.15, 0.2) is 11.6 Å². The van der Waals surface area contributed by atoms with Crippen molar-refractivity contribution < 1.29 is 4.79 Å². The van der Waals surface area contributed by atoms with E-state index in [1.54, 1.807) is 6.20 Å². The van der Waals surface area contributed by atoms with E-state index in [4.69, 9.17) is 0 Å². The van der Waals surface area contributed by atoms with Crippen LogP contribution in [0.3, 0.4) is 0 Å². The van der Waals surface area contributed by atoms with Gasteiger partial charge in [-0.3, -0.25) is 4.79 Å². The lowest BCUT2D eigenvalue weighted by atomic mass is 10.2. The minimum atomic E-state index is 0.120. The zero-order chi connectivity index (χ0) is 17.1. The molecule has 0 spiro atoms. The summed E-state index contributed by atoms with van der Waals surface area (Å²) in [5, 5.41) is 8.60. The predicted octanol–water partition coefficient (Wildman–Crippen LogP) is 1.71. The third kappa shape index (κ3) is 3.26. The molecular weight excluding hydrogens is 316 g/mol. The highest BCUT2D eigenvalue weighted by Crippen LogP contribution is 2.21. The lowest BCUT2D eigenvalue weighted by molar-refractivity contribution is -0.132. The van der Waals surface area contributed by atoms with Crippen molar-refractivity contribution in [2.24, 2.45) is 0 Å². The van der Waals surface area contributed by atoms with Gasteiger partial charge in [-0.05, 0) is 12.5 Å². The summed E-state index contributed by atoms with van der Waals surface area (Å²) >= 11 is 0. The summed E-state index contributed by atoms with van der Waals surface area (Å²) in [4.78, 5) is 22.4. The van der Waals surface area contributed by atoms with Crippen molar-refractivity contribution >= 4 is 5.91 Å². The number of benzene rings is 1. The number of carbonyl (C=O) groups is 1. The van der Waals surface area contributed by atoms with Gasteiger partial charge in [0.05, 0.1) is 6.54 Å². The van der Waals surface area contributed by atoms with Gasteiger partial charge >= 0.3 is 0 Å². The fourth-order valence-corrected chi connectivity index (χ4v) is 3.03. The number of fused-ring (bicyclic) bond motifs is 1. The minimum absolute atomic E-state index is 0.120. The van der Waals surface area contributed by atoms with Crippen molar-refractivity contribution in [1.82, 2.24) is 29.6 Å². The molecule has 1 aliphatic rings. The fourth-order valence-electron chi connectivity index (χ4n) is 3.03. The molecule has 3 aromatic rings. The molecule has 0 radical (unpaired) electrons. The number of aromatic nitrogens is 5. The van der Waals surface area contributed by atoms with E-state index in [1.165, 1.54) is 6.33 Å². The molecule has 0 aliphatic carbocycles. The third-order valence-electron chi connectivity index (χ3n) is 4.38. The van der Waals surface area contributed by atoms with E-state index < -0.39 is 0 Å². The second-order valence-corrected chi connectivity index (χ2v) is 5.97. The van der Waals surface area contributed by atoms with Crippen LogP contribution in [0.5, 0.6) is 0 Å². The van der Waals surface area contributed by atoms with Crippen LogP contribution in [0, 0.1) is 0 Å². The molecule has 0 fully saturated rings. The Morgan fingerprint density at radius 3 is 2.76 bits per heavy atom. The van der Waals surface area contributed by atoms with Gasteiger partial charge in [0.2, 0.25) is 5.91 Å². The Morgan fingerprint density at radius 1 is 1.08 bits per heavy atom. The Morgan fingerprint density at radius 2 is 1.96 bits per heavy atom. The summed E-state index contributed by atoms with van der Waals surface area (Å²) in [7, 11) is 0. The zero-order valence-corrected chi connectivity index (χ0v) is 13.7. The monoisotopic (exact) mass is 334 g/mol. The normalized spacial score (nSPS) is 13.5. The molecule has 0 bridgehead atoms. The van der Waals surface area contributed by atoms with Gasteiger partial charge in [-0.15, -0.1) is 10.2 Å². The van der Waals surface area contributed by atoms with E-state index in [-0.39, 0.29) is 5.91 Å². The van der Waals surface area contributed by atoms with E-state index in [9.17, 15) is 4.79 Å². The third-order valence-corrected chi connectivity index (χ3v) is 4.38. The second kappa shape index (κ2) is 6.80. The Kier molecular flexibility index (Phi) is 4.20. The maximum Gasteiger partial charge on any atom is 0.223 e. The topological polar surface area (TPSA) is 76.8 Å². The fraction of sp³-hybridized carbons (Fsp3) is 0.278. The Bertz CT molecular complexity index is 862. The summed E-state index contributed by atoms with van der Waals surface area (Å²) in [6.45, 7) is 1.89. The maximum absolute atomic E-state index is 12.5. The van der Waals surface area contributed by atoms with Crippen molar-refractivity contribution in [1.29, 1.82) is 0 Å². The first-order valence-corrected chi connectivity index (χ1v) is 8.31. The van der Waals surface area contributed by atoms with Crippen molar-refractivity contribution in [3.63, 3.8) is 0 Å². The molecule has 1 amide bonds. The number of hydrogen-bond acceptors (Lipinski definition) is 5. The van der Waals surface area contributed by atoms with Crippen LogP contribution < -0.4 is 0 Å². The standard InChI is InChI=1S/C18H18N6O/c25-17(7-6-15-8-9-19-13-20-15)23-10-11-24-16(12-23)21-22-18(24)14-4-2-1-3-5-14/h1-5,8-9,13H,6-7,10-12H2. The van der Waals surface area contributed by atoms with Gasteiger partial charge in [0.1, 0.15) is 6.33 Å². The van der Waals surface area contributed by atoms with Gasteiger partial charge in [-0.1, -0.05) is 30.3 Å². The Labute approximate surface area is 145 Å². The van der Waals surface area contributed by atoms with Crippen molar-refractivity contribution in [2.75, 3.05) is 6.54 Å². The number of hydrogen-bond donors (Lipinski definition) is 0. The molecule has 0 atom stereocenters. The van der Waals surface area contributed by atoms with Crippen LogP contribution in [0.4, 0.5) is 0 Å². The summed E-state index contributed by atoms with van der Waals surface area (Å²) in [5.41, 5.74) is 1.93. The quantitative estimate of drug-likeness (QED) is 0.726. The lowest BCUT2D eigenvalue weighted by Gasteiger charge is -2.28. The van der Waals surface area contributed by atoms with E-state index in [1.807, 2.05) is 41.3 Å². The SMILES string of the molecule is O=C(CCc1ccncn1)N1CCn2c(nnc2-c2ccccc2)C1. The molecule has 7 heteroatoms. The molecule has 7 nitrogen and oxygen atoms in total. The van der Waals surface area contributed by atoms with Gasteiger partial charge in [-0.25, -0.2) is 9.97 Å². The molecular formula is C18H18N6O. The van der Waals surface area contributed by atoms with E-state index >= 15 is 0 Å². The zero-order valence-electron chi connectivity index (χ0n) is 13.7. The smallest absolute Gasteiger partial charge is 0.223 e. The van der Waals surface area contributed by atoms with Gasteiger partial charge in [0.25, 0.3) is 0 Å². The second-order valence-electron chi connectivity index (χ2n) is 5.97. The maximum atomic E-state index is 12.5. The van der Waals surface area contributed by atoms with Crippen LogP contribution in [0.2, 0.25) is 0 Å². The van der Waals surface area contributed by atoms with Crippen LogP contribution in [-0.2, 0) is 24.3 Å². The average molecular weight is 334 g/mol. The van der Waals surface area contributed by atoms with Crippen molar-refractivity contribution in [3.8, 4) is 11.4 Å². The van der Waals surface area contributed by atoms with Crippen LogP contribution in [-0.4, -0.2) is 42.1 Å². The Balaban J connectivity index is 1.43. The molecule has 0 unspecified atom stereocenters. The first-order valence-electron chi connectivity index (χ1n) is 8.31. The highest BCUT2D eigenvalue weighted by Gasteiger charge is 2.24. The number of amides is 1. The molecule has 0 saturated carbocycles. The van der Waals surface area contributed by atoms with E-state index in [0.29, 0.717) is 32.5 Å². The molecule has 0 saturated heterocycles. The first kappa shape index (κ1) is 15.4. The molecule has 126 valence electrons. The molecule has 1 aromatic carbocycles. The van der Waals surface area contributed by atoms with E-state index in [2.05, 4.69) is 24.7 Å². The predicted molar refractivity (Wildman–Crippen MR) is 91.2 cm³/mol. The largest absolute Gasteiger partial charge is 0.333 e. The summed E-state index contributed by atoms with van der Waals surface area (Å²) in [6, 6.07) is 11.8. The van der Waals surface area contributed by atoms with Crippen LogP contribution >= 0.6 is 0 Å².